The zero-order valence-corrected chi connectivity index (χ0v) is 20.3. The van der Waals surface area contributed by atoms with E-state index in [1.807, 2.05) is 31.2 Å². The predicted molar refractivity (Wildman–Crippen MR) is 131 cm³/mol. The summed E-state index contributed by atoms with van der Waals surface area (Å²) in [5.41, 5.74) is 3.03. The third-order valence-corrected chi connectivity index (χ3v) is 8.15. The van der Waals surface area contributed by atoms with Crippen molar-refractivity contribution < 1.29 is 24.2 Å². The van der Waals surface area contributed by atoms with Crippen LogP contribution in [0.25, 0.3) is 11.1 Å². The van der Waals surface area contributed by atoms with Gasteiger partial charge in [-0.05, 0) is 48.9 Å². The van der Waals surface area contributed by atoms with Crippen LogP contribution in [0.4, 0.5) is 4.79 Å². The number of nitrogens with zero attached hydrogens (tertiary/aromatic N) is 1. The van der Waals surface area contributed by atoms with E-state index >= 15 is 0 Å². The number of carboxylic acid groups (broad SMARTS) is 1. The highest BCUT2D eigenvalue weighted by molar-refractivity contribution is 5.86. The highest BCUT2D eigenvalue weighted by Gasteiger charge is 2.52. The average Bonchev–Trinajstić information content (AvgIpc) is 3.14. The van der Waals surface area contributed by atoms with Crippen molar-refractivity contribution in [3.63, 3.8) is 0 Å². The van der Waals surface area contributed by atoms with Crippen LogP contribution in [0.3, 0.4) is 0 Å². The van der Waals surface area contributed by atoms with Gasteiger partial charge in [0, 0.05) is 19.0 Å². The molecule has 0 spiro atoms. The number of nitrogens with one attached hydrogen (secondary N) is 1. The second-order valence-electron chi connectivity index (χ2n) is 10.7. The normalized spacial score (nSPS) is 24.6. The van der Waals surface area contributed by atoms with Crippen LogP contribution < -0.4 is 5.32 Å². The minimum Gasteiger partial charge on any atom is -0.481 e. The van der Waals surface area contributed by atoms with Crippen LogP contribution in [0.15, 0.2) is 48.5 Å². The van der Waals surface area contributed by atoms with Gasteiger partial charge in [0.15, 0.2) is 0 Å². The fraction of sp³-hybridized carbons (Fsp3) is 0.464. The van der Waals surface area contributed by atoms with E-state index in [9.17, 15) is 19.5 Å². The molecule has 2 aliphatic carbocycles. The summed E-state index contributed by atoms with van der Waals surface area (Å²) in [5.74, 6) is -1.39. The summed E-state index contributed by atoms with van der Waals surface area (Å²) in [6.45, 7) is 4.20. The molecule has 0 bridgehead atoms. The van der Waals surface area contributed by atoms with Crippen molar-refractivity contribution in [2.45, 2.75) is 51.0 Å². The molecule has 2 unspecified atom stereocenters. The van der Waals surface area contributed by atoms with Crippen molar-refractivity contribution in [1.29, 1.82) is 0 Å². The minimum atomic E-state index is -0.888. The lowest BCUT2D eigenvalue weighted by Crippen LogP contribution is -2.65. The number of benzene rings is 2. The molecule has 35 heavy (non-hydrogen) atoms. The van der Waals surface area contributed by atoms with Gasteiger partial charge < -0.3 is 20.1 Å². The smallest absolute Gasteiger partial charge is 0.407 e. The standard InChI is InChI=1S/C28H32N2O5/c1-27(25(32)33)16-30(17-27)24(31)23-13-7-8-14-28(23,2)29-26(34)35-15-22-20-11-5-3-9-18(20)19-10-4-6-12-21(19)22/h3-6,9-12,22-23H,7-8,13-17H2,1-2H3,(H,29,34)(H,32,33). The average molecular weight is 477 g/mol. The van der Waals surface area contributed by atoms with Crippen molar-refractivity contribution in [2.24, 2.45) is 11.3 Å². The van der Waals surface area contributed by atoms with Gasteiger partial charge in [0.1, 0.15) is 6.61 Å². The van der Waals surface area contributed by atoms with Crippen molar-refractivity contribution >= 4 is 18.0 Å². The van der Waals surface area contributed by atoms with E-state index in [1.165, 1.54) is 11.1 Å². The zero-order valence-electron chi connectivity index (χ0n) is 20.3. The number of hydrogen-bond acceptors (Lipinski definition) is 4. The summed E-state index contributed by atoms with van der Waals surface area (Å²) in [7, 11) is 0. The van der Waals surface area contributed by atoms with E-state index in [2.05, 4.69) is 29.6 Å². The van der Waals surface area contributed by atoms with Crippen LogP contribution in [0.5, 0.6) is 0 Å². The highest BCUT2D eigenvalue weighted by atomic mass is 16.5. The van der Waals surface area contributed by atoms with Crippen molar-refractivity contribution in [3.8, 4) is 11.1 Å². The Bertz CT molecular complexity index is 1130. The van der Waals surface area contributed by atoms with Crippen molar-refractivity contribution in [1.82, 2.24) is 10.2 Å². The molecule has 0 aromatic heterocycles. The topological polar surface area (TPSA) is 95.9 Å². The lowest BCUT2D eigenvalue weighted by molar-refractivity contribution is -0.167. The van der Waals surface area contributed by atoms with Gasteiger partial charge >= 0.3 is 12.1 Å². The van der Waals surface area contributed by atoms with Crippen molar-refractivity contribution in [3.05, 3.63) is 59.7 Å². The molecule has 0 radical (unpaired) electrons. The third-order valence-electron chi connectivity index (χ3n) is 8.15. The van der Waals surface area contributed by atoms with Gasteiger partial charge in [0.2, 0.25) is 5.91 Å². The molecule has 1 saturated heterocycles. The second-order valence-corrected chi connectivity index (χ2v) is 10.7. The van der Waals surface area contributed by atoms with Crippen LogP contribution in [0, 0.1) is 11.3 Å². The summed E-state index contributed by atoms with van der Waals surface area (Å²) in [6, 6.07) is 16.4. The molecule has 3 aliphatic rings. The number of alkyl carbamates (subject to hydrolysis) is 1. The number of fused-ring (bicyclic) bond motifs is 3. The Labute approximate surface area is 205 Å². The number of rotatable bonds is 5. The third kappa shape index (κ3) is 4.07. The Balaban J connectivity index is 1.25. The van der Waals surface area contributed by atoms with Crippen LogP contribution >= 0.6 is 0 Å². The Morgan fingerprint density at radius 3 is 2.20 bits per heavy atom. The first-order valence-corrected chi connectivity index (χ1v) is 12.4. The molecule has 1 aliphatic heterocycles. The largest absolute Gasteiger partial charge is 0.481 e. The molecule has 2 atom stereocenters. The zero-order chi connectivity index (χ0) is 24.8. The fourth-order valence-corrected chi connectivity index (χ4v) is 6.05. The predicted octanol–water partition coefficient (Wildman–Crippen LogP) is 4.41. The summed E-state index contributed by atoms with van der Waals surface area (Å²) in [5, 5.41) is 12.4. The number of amides is 2. The molecule has 1 saturated carbocycles. The number of hydrogen-bond donors (Lipinski definition) is 2. The molecular formula is C28H32N2O5. The molecule has 2 N–H and O–H groups in total. The molecule has 1 heterocycles. The molecule has 2 fully saturated rings. The van der Waals surface area contributed by atoms with E-state index in [-0.39, 0.29) is 31.5 Å². The Morgan fingerprint density at radius 1 is 1.00 bits per heavy atom. The number of ether oxygens (including phenoxy) is 1. The van der Waals surface area contributed by atoms with Gasteiger partial charge in [0.25, 0.3) is 0 Å². The van der Waals surface area contributed by atoms with Gasteiger partial charge in [-0.25, -0.2) is 4.79 Å². The Kier molecular flexibility index (Phi) is 5.82. The molecule has 5 rings (SSSR count). The Morgan fingerprint density at radius 2 is 1.60 bits per heavy atom. The number of carbonyl (C=O) groups excluding carboxylic acids is 2. The number of likely N-dealkylation sites (tertiary alicyclic amines) is 1. The highest BCUT2D eigenvalue weighted by Crippen LogP contribution is 2.44. The first kappa shape index (κ1) is 23.4. The summed E-state index contributed by atoms with van der Waals surface area (Å²) < 4.78 is 5.75. The lowest BCUT2D eigenvalue weighted by atomic mass is 9.71. The molecule has 184 valence electrons. The fourth-order valence-electron chi connectivity index (χ4n) is 6.05. The van der Waals surface area contributed by atoms with E-state index in [0.29, 0.717) is 12.8 Å². The minimum absolute atomic E-state index is 0.0282. The lowest BCUT2D eigenvalue weighted by Gasteiger charge is -2.49. The van der Waals surface area contributed by atoms with Gasteiger partial charge in [-0.2, -0.15) is 0 Å². The maximum atomic E-state index is 13.3. The van der Waals surface area contributed by atoms with E-state index in [0.717, 1.165) is 24.0 Å². The first-order chi connectivity index (χ1) is 16.7. The number of aliphatic carboxylic acids is 1. The number of carbonyl (C=O) groups is 3. The monoisotopic (exact) mass is 476 g/mol. The summed E-state index contributed by atoms with van der Waals surface area (Å²) in [4.78, 5) is 39.3. The molecular weight excluding hydrogens is 444 g/mol. The number of carboxylic acids is 1. The molecule has 2 amide bonds. The van der Waals surface area contributed by atoms with E-state index in [1.54, 1.807) is 11.8 Å². The van der Waals surface area contributed by atoms with Gasteiger partial charge in [-0.15, -0.1) is 0 Å². The summed E-state index contributed by atoms with van der Waals surface area (Å²) in [6.07, 6.45) is 2.64. The first-order valence-electron chi connectivity index (χ1n) is 12.4. The maximum absolute atomic E-state index is 13.3. The molecule has 7 heteroatoms. The van der Waals surface area contributed by atoms with Crippen LogP contribution in [0.2, 0.25) is 0 Å². The molecule has 7 nitrogen and oxygen atoms in total. The quantitative estimate of drug-likeness (QED) is 0.667. The van der Waals surface area contributed by atoms with Crippen LogP contribution in [-0.2, 0) is 14.3 Å². The van der Waals surface area contributed by atoms with Gasteiger partial charge in [0.05, 0.1) is 16.9 Å². The van der Waals surface area contributed by atoms with Crippen molar-refractivity contribution in [2.75, 3.05) is 19.7 Å². The van der Waals surface area contributed by atoms with Gasteiger partial charge in [-0.1, -0.05) is 61.4 Å². The summed E-state index contributed by atoms with van der Waals surface area (Å²) >= 11 is 0. The maximum Gasteiger partial charge on any atom is 0.407 e. The molecule has 2 aromatic rings. The van der Waals surface area contributed by atoms with E-state index in [4.69, 9.17) is 4.74 Å². The van der Waals surface area contributed by atoms with E-state index < -0.39 is 28.9 Å². The SMILES string of the molecule is CC1(C(=O)O)CN(C(=O)C2CCCCC2(C)NC(=O)OCC2c3ccccc3-c3ccccc32)C1. The van der Waals surface area contributed by atoms with Crippen LogP contribution in [-0.4, -0.2) is 53.2 Å². The second kappa shape index (κ2) is 8.70. The Hall–Kier alpha value is -3.35. The van der Waals surface area contributed by atoms with Crippen LogP contribution in [0.1, 0.15) is 56.6 Å². The van der Waals surface area contributed by atoms with Gasteiger partial charge in [-0.3, -0.25) is 9.59 Å². The molecule has 2 aromatic carbocycles.